The van der Waals surface area contributed by atoms with Crippen LogP contribution in [-0.4, -0.2) is 37.7 Å². The van der Waals surface area contributed by atoms with E-state index in [2.05, 4.69) is 20.0 Å². The second-order valence-corrected chi connectivity index (χ2v) is 8.12. The van der Waals surface area contributed by atoms with Crippen molar-refractivity contribution in [1.29, 1.82) is 0 Å². The molecule has 0 radical (unpaired) electrons. The van der Waals surface area contributed by atoms with Gasteiger partial charge < -0.3 is 4.52 Å². The van der Waals surface area contributed by atoms with Gasteiger partial charge in [0.15, 0.2) is 5.82 Å². The molecule has 2 aromatic rings. The Bertz CT molecular complexity index is 828. The first-order valence-corrected chi connectivity index (χ1v) is 9.86. The number of nitrogens with zero attached hydrogens (tertiary/aromatic N) is 5. The van der Waals surface area contributed by atoms with Crippen LogP contribution in [0.1, 0.15) is 67.8 Å². The zero-order chi connectivity index (χ0) is 17.5. The summed E-state index contributed by atoms with van der Waals surface area (Å²) in [5.41, 5.74) is 1.08. The maximum Gasteiger partial charge on any atom is 0.253 e. The molecule has 0 amide bonds. The molecule has 3 heterocycles. The molecule has 3 aliphatic rings. The first-order valence-electron chi connectivity index (χ1n) is 9.86. The summed E-state index contributed by atoms with van der Waals surface area (Å²) in [5, 5.41) is 4.12. The lowest BCUT2D eigenvalue weighted by atomic mass is 9.96. The lowest BCUT2D eigenvalue weighted by molar-refractivity contribution is 0.161. The fraction of sp³-hybridized carbons (Fsp3) is 0.684. The molecule has 1 aliphatic heterocycles. The summed E-state index contributed by atoms with van der Waals surface area (Å²) in [7, 11) is 0. The minimum atomic E-state index is 0.101. The minimum absolute atomic E-state index is 0.101. The average Bonchev–Trinajstić information content (AvgIpc) is 3.57. The van der Waals surface area contributed by atoms with Crippen LogP contribution in [0.25, 0.3) is 0 Å². The van der Waals surface area contributed by atoms with E-state index >= 15 is 0 Å². The third kappa shape index (κ3) is 3.58. The Morgan fingerprint density at radius 2 is 1.85 bits per heavy atom. The fourth-order valence-electron chi connectivity index (χ4n) is 3.81. The van der Waals surface area contributed by atoms with Gasteiger partial charge >= 0.3 is 0 Å². The van der Waals surface area contributed by atoms with Gasteiger partial charge in [0, 0.05) is 24.4 Å². The molecule has 2 aromatic heterocycles. The molecule has 0 bridgehead atoms. The van der Waals surface area contributed by atoms with Crippen molar-refractivity contribution in [2.24, 2.45) is 5.92 Å². The quantitative estimate of drug-likeness (QED) is 0.791. The Labute approximate surface area is 152 Å². The van der Waals surface area contributed by atoms with Crippen LogP contribution in [0.2, 0.25) is 0 Å². The summed E-state index contributed by atoms with van der Waals surface area (Å²) < 4.78 is 7.13. The molecule has 3 fully saturated rings. The molecule has 1 saturated heterocycles. The fourth-order valence-corrected chi connectivity index (χ4v) is 3.81. The van der Waals surface area contributed by atoms with Crippen molar-refractivity contribution in [1.82, 2.24) is 24.6 Å². The Morgan fingerprint density at radius 1 is 1.08 bits per heavy atom. The van der Waals surface area contributed by atoms with Crippen LogP contribution in [0.3, 0.4) is 0 Å². The molecule has 2 aliphatic carbocycles. The number of rotatable bonds is 6. The topological polar surface area (TPSA) is 77.0 Å². The zero-order valence-electron chi connectivity index (χ0n) is 15.0. The van der Waals surface area contributed by atoms with E-state index in [1.807, 2.05) is 0 Å². The van der Waals surface area contributed by atoms with Gasteiger partial charge in [0.2, 0.25) is 5.89 Å². The van der Waals surface area contributed by atoms with Crippen LogP contribution in [-0.2, 0) is 13.1 Å². The van der Waals surface area contributed by atoms with E-state index in [4.69, 9.17) is 4.52 Å². The Morgan fingerprint density at radius 3 is 2.54 bits per heavy atom. The molecule has 0 N–H and O–H groups in total. The van der Waals surface area contributed by atoms with E-state index < -0.39 is 0 Å². The predicted octanol–water partition coefficient (Wildman–Crippen LogP) is 2.29. The molecular formula is C19H25N5O2. The minimum Gasteiger partial charge on any atom is -0.339 e. The van der Waals surface area contributed by atoms with Gasteiger partial charge in [-0.1, -0.05) is 5.16 Å². The average molecular weight is 355 g/mol. The second kappa shape index (κ2) is 6.61. The summed E-state index contributed by atoms with van der Waals surface area (Å²) in [4.78, 5) is 23.7. The largest absolute Gasteiger partial charge is 0.339 e. The molecule has 2 saturated carbocycles. The summed E-state index contributed by atoms with van der Waals surface area (Å²) in [6.07, 6.45) is 8.65. The molecule has 0 unspecified atom stereocenters. The lowest BCUT2D eigenvalue weighted by Gasteiger charge is -2.31. The predicted molar refractivity (Wildman–Crippen MR) is 94.7 cm³/mol. The van der Waals surface area contributed by atoms with Crippen LogP contribution < -0.4 is 5.56 Å². The standard InChI is InChI=1S/C19H25N5O2/c25-18-9-16(14-1-2-14)20-12-24(18)10-13-5-7-23(8-6-13)11-17-21-19(26-22-17)15-3-4-15/h9,12-15H,1-8,10-11H2. The molecule has 7 nitrogen and oxygen atoms in total. The number of piperidine rings is 1. The van der Waals surface area contributed by atoms with E-state index in [1.165, 1.54) is 25.7 Å². The monoisotopic (exact) mass is 355 g/mol. The molecule has 0 aromatic carbocycles. The first-order chi connectivity index (χ1) is 12.7. The van der Waals surface area contributed by atoms with E-state index in [1.54, 1.807) is 17.0 Å². The summed E-state index contributed by atoms with van der Waals surface area (Å²) in [6.45, 7) is 3.57. The van der Waals surface area contributed by atoms with Crippen molar-refractivity contribution >= 4 is 0 Å². The Kier molecular flexibility index (Phi) is 4.11. The van der Waals surface area contributed by atoms with Crippen molar-refractivity contribution < 1.29 is 4.52 Å². The second-order valence-electron chi connectivity index (χ2n) is 8.12. The van der Waals surface area contributed by atoms with Crippen LogP contribution in [0.15, 0.2) is 21.7 Å². The van der Waals surface area contributed by atoms with Crippen LogP contribution in [0.4, 0.5) is 0 Å². The summed E-state index contributed by atoms with van der Waals surface area (Å²) >= 11 is 0. The van der Waals surface area contributed by atoms with Crippen molar-refractivity contribution in [3.63, 3.8) is 0 Å². The van der Waals surface area contributed by atoms with Crippen LogP contribution in [0.5, 0.6) is 0 Å². The van der Waals surface area contributed by atoms with Gasteiger partial charge in [-0.2, -0.15) is 4.98 Å². The van der Waals surface area contributed by atoms with Crippen molar-refractivity contribution in [3.8, 4) is 0 Å². The summed E-state index contributed by atoms with van der Waals surface area (Å²) in [5.74, 6) is 3.20. The molecule has 26 heavy (non-hydrogen) atoms. The van der Waals surface area contributed by atoms with Crippen molar-refractivity contribution in [3.05, 3.63) is 40.2 Å². The van der Waals surface area contributed by atoms with Gasteiger partial charge in [0.1, 0.15) is 0 Å². The molecule has 138 valence electrons. The SMILES string of the molecule is O=c1cc(C2CC2)ncn1CC1CCN(Cc2noc(C3CC3)n2)CC1. The lowest BCUT2D eigenvalue weighted by Crippen LogP contribution is -2.36. The molecule has 0 spiro atoms. The van der Waals surface area contributed by atoms with Gasteiger partial charge in [-0.15, -0.1) is 0 Å². The van der Waals surface area contributed by atoms with Gasteiger partial charge in [0.25, 0.3) is 5.56 Å². The maximum atomic E-state index is 12.3. The van der Waals surface area contributed by atoms with E-state index in [9.17, 15) is 4.79 Å². The van der Waals surface area contributed by atoms with E-state index in [0.717, 1.165) is 56.4 Å². The molecular weight excluding hydrogens is 330 g/mol. The Balaban J connectivity index is 1.13. The van der Waals surface area contributed by atoms with Crippen molar-refractivity contribution in [2.45, 2.75) is 63.5 Å². The highest BCUT2D eigenvalue weighted by Crippen LogP contribution is 2.39. The van der Waals surface area contributed by atoms with Crippen LogP contribution >= 0.6 is 0 Å². The molecule has 7 heteroatoms. The highest BCUT2D eigenvalue weighted by Gasteiger charge is 2.30. The first kappa shape index (κ1) is 16.2. The third-order valence-electron chi connectivity index (χ3n) is 5.83. The van der Waals surface area contributed by atoms with Gasteiger partial charge in [-0.25, -0.2) is 4.98 Å². The molecule has 0 atom stereocenters. The van der Waals surface area contributed by atoms with E-state index in [0.29, 0.717) is 17.8 Å². The number of likely N-dealkylation sites (tertiary alicyclic amines) is 1. The van der Waals surface area contributed by atoms with Gasteiger partial charge in [-0.05, 0) is 57.5 Å². The number of aromatic nitrogens is 4. The normalized spacial score (nSPS) is 22.0. The zero-order valence-corrected chi connectivity index (χ0v) is 15.0. The van der Waals surface area contributed by atoms with Gasteiger partial charge in [-0.3, -0.25) is 14.3 Å². The van der Waals surface area contributed by atoms with E-state index in [-0.39, 0.29) is 5.56 Å². The highest BCUT2D eigenvalue weighted by atomic mass is 16.5. The van der Waals surface area contributed by atoms with Gasteiger partial charge in [0.05, 0.1) is 18.6 Å². The Hall–Kier alpha value is -2.02. The maximum absolute atomic E-state index is 12.3. The highest BCUT2D eigenvalue weighted by molar-refractivity contribution is 5.12. The number of hydrogen-bond acceptors (Lipinski definition) is 6. The smallest absolute Gasteiger partial charge is 0.253 e. The van der Waals surface area contributed by atoms with Crippen molar-refractivity contribution in [2.75, 3.05) is 13.1 Å². The van der Waals surface area contributed by atoms with Crippen LogP contribution in [0, 0.1) is 5.92 Å². The molecule has 5 rings (SSSR count). The summed E-state index contributed by atoms with van der Waals surface area (Å²) in [6, 6.07) is 1.74. The number of hydrogen-bond donors (Lipinski definition) is 0. The third-order valence-corrected chi connectivity index (χ3v) is 5.83.